The molecule has 1 aromatic rings. The Balaban J connectivity index is 2.81. The molecule has 1 aromatic carbocycles. The third-order valence-electron chi connectivity index (χ3n) is 3.26. The van der Waals surface area contributed by atoms with Crippen LogP contribution in [-0.4, -0.2) is 46.5 Å². The summed E-state index contributed by atoms with van der Waals surface area (Å²) in [5, 5.41) is 23.3. The lowest BCUT2D eigenvalue weighted by Gasteiger charge is -2.23. The molecule has 0 heterocycles. The van der Waals surface area contributed by atoms with Crippen LogP contribution >= 0.6 is 0 Å². The molecule has 0 saturated heterocycles. The van der Waals surface area contributed by atoms with Crippen molar-refractivity contribution in [2.75, 3.05) is 19.6 Å². The Labute approximate surface area is 123 Å². The van der Waals surface area contributed by atoms with Crippen LogP contribution in [-0.2, 0) is 0 Å². The van der Waals surface area contributed by atoms with Gasteiger partial charge in [0.25, 0.3) is 5.91 Å². The largest absolute Gasteiger partial charge is 0.502 e. The van der Waals surface area contributed by atoms with E-state index in [4.69, 9.17) is 0 Å². The summed E-state index contributed by atoms with van der Waals surface area (Å²) in [4.78, 5) is 24.3. The second-order valence-corrected chi connectivity index (χ2v) is 4.79. The average molecular weight is 295 g/mol. The number of amides is 1. The molecule has 0 fully saturated rings. The van der Waals surface area contributed by atoms with E-state index in [1.807, 2.05) is 20.8 Å². The van der Waals surface area contributed by atoms with E-state index in [-0.39, 0.29) is 11.6 Å². The highest BCUT2D eigenvalue weighted by molar-refractivity contribution is 5.98. The predicted molar refractivity (Wildman–Crippen MR) is 79.5 cm³/mol. The summed E-state index contributed by atoms with van der Waals surface area (Å²) in [7, 11) is 0. The lowest BCUT2D eigenvalue weighted by atomic mass is 10.1. The molecule has 1 atom stereocenters. The summed E-state index contributed by atoms with van der Waals surface area (Å²) < 4.78 is 0. The van der Waals surface area contributed by atoms with Crippen LogP contribution in [0.3, 0.4) is 0 Å². The van der Waals surface area contributed by atoms with Gasteiger partial charge in [0, 0.05) is 18.7 Å². The van der Waals surface area contributed by atoms with Gasteiger partial charge in [-0.15, -0.1) is 0 Å². The van der Waals surface area contributed by atoms with Gasteiger partial charge in [0.05, 0.1) is 10.5 Å². The van der Waals surface area contributed by atoms with Crippen molar-refractivity contribution in [1.82, 2.24) is 10.2 Å². The standard InChI is InChI=1S/C14H21N3O4/c1-4-16(5-2)9-10(3)15-14(19)11-7-6-8-12(13(11)18)17(20)21/h6-8,10,18H,4-5,9H2,1-3H3,(H,15,19). The third-order valence-corrected chi connectivity index (χ3v) is 3.26. The molecule has 0 saturated carbocycles. The van der Waals surface area contributed by atoms with Gasteiger partial charge in [0.1, 0.15) is 0 Å². The molecule has 0 aliphatic rings. The molecule has 1 amide bonds. The van der Waals surface area contributed by atoms with Crippen LogP contribution in [0.2, 0.25) is 0 Å². The van der Waals surface area contributed by atoms with Crippen LogP contribution in [0.1, 0.15) is 31.1 Å². The topological polar surface area (TPSA) is 95.7 Å². The fourth-order valence-electron chi connectivity index (χ4n) is 2.08. The first kappa shape index (κ1) is 16.9. The molecule has 116 valence electrons. The highest BCUT2D eigenvalue weighted by Crippen LogP contribution is 2.29. The Bertz CT molecular complexity index is 515. The zero-order valence-electron chi connectivity index (χ0n) is 12.5. The first-order valence-electron chi connectivity index (χ1n) is 6.90. The first-order chi connectivity index (χ1) is 9.90. The number of likely N-dealkylation sites (N-methyl/N-ethyl adjacent to an activating group) is 1. The lowest BCUT2D eigenvalue weighted by molar-refractivity contribution is -0.385. The Morgan fingerprint density at radius 3 is 2.57 bits per heavy atom. The van der Waals surface area contributed by atoms with E-state index < -0.39 is 22.3 Å². The number of hydrogen-bond acceptors (Lipinski definition) is 5. The average Bonchev–Trinajstić information content (AvgIpc) is 2.44. The van der Waals surface area contributed by atoms with Crippen molar-refractivity contribution in [3.8, 4) is 5.75 Å². The van der Waals surface area contributed by atoms with Gasteiger partial charge in [-0.2, -0.15) is 0 Å². The van der Waals surface area contributed by atoms with Crippen molar-refractivity contribution < 1.29 is 14.8 Å². The minimum absolute atomic E-state index is 0.0874. The van der Waals surface area contributed by atoms with E-state index in [1.54, 1.807) is 0 Å². The molecule has 7 heteroatoms. The number of nitro benzene ring substituents is 1. The Morgan fingerprint density at radius 1 is 1.43 bits per heavy atom. The third kappa shape index (κ3) is 4.42. The van der Waals surface area contributed by atoms with Gasteiger partial charge in [-0.3, -0.25) is 14.9 Å². The van der Waals surface area contributed by atoms with Crippen molar-refractivity contribution >= 4 is 11.6 Å². The number of para-hydroxylation sites is 1. The molecule has 0 aliphatic heterocycles. The molecule has 0 bridgehead atoms. The van der Waals surface area contributed by atoms with Crippen molar-refractivity contribution in [1.29, 1.82) is 0 Å². The number of aromatic hydroxyl groups is 1. The van der Waals surface area contributed by atoms with E-state index in [2.05, 4.69) is 10.2 Å². The summed E-state index contributed by atoms with van der Waals surface area (Å²) in [6.45, 7) is 8.34. The molecule has 0 aromatic heterocycles. The molecular weight excluding hydrogens is 274 g/mol. The van der Waals surface area contributed by atoms with Gasteiger partial charge in [0.2, 0.25) is 5.75 Å². The summed E-state index contributed by atoms with van der Waals surface area (Å²) in [6.07, 6.45) is 0. The monoisotopic (exact) mass is 295 g/mol. The molecule has 7 nitrogen and oxygen atoms in total. The van der Waals surface area contributed by atoms with Gasteiger partial charge >= 0.3 is 5.69 Å². The van der Waals surface area contributed by atoms with Gasteiger partial charge < -0.3 is 15.3 Å². The van der Waals surface area contributed by atoms with Gasteiger partial charge in [-0.25, -0.2) is 0 Å². The quantitative estimate of drug-likeness (QED) is 0.590. The fourth-order valence-corrected chi connectivity index (χ4v) is 2.08. The maximum absolute atomic E-state index is 12.1. The number of nitrogens with one attached hydrogen (secondary N) is 1. The van der Waals surface area contributed by atoms with Crippen LogP contribution in [0.15, 0.2) is 18.2 Å². The predicted octanol–water partition coefficient (Wildman–Crippen LogP) is 1.76. The number of nitrogens with zero attached hydrogens (tertiary/aromatic N) is 2. The van der Waals surface area contributed by atoms with Gasteiger partial charge in [-0.1, -0.05) is 19.9 Å². The number of phenolic OH excluding ortho intramolecular Hbond substituents is 1. The minimum atomic E-state index is -0.717. The van der Waals surface area contributed by atoms with Crippen molar-refractivity contribution in [3.63, 3.8) is 0 Å². The molecular formula is C14H21N3O4. The maximum Gasteiger partial charge on any atom is 0.311 e. The van der Waals surface area contributed by atoms with Gasteiger partial charge in [0.15, 0.2) is 0 Å². The number of benzene rings is 1. The number of carbonyl (C=O) groups is 1. The summed E-state index contributed by atoms with van der Waals surface area (Å²) in [6, 6.07) is 3.77. The number of nitro groups is 1. The smallest absolute Gasteiger partial charge is 0.311 e. The number of hydrogen-bond donors (Lipinski definition) is 2. The second-order valence-electron chi connectivity index (χ2n) is 4.79. The highest BCUT2D eigenvalue weighted by atomic mass is 16.6. The zero-order valence-corrected chi connectivity index (χ0v) is 12.5. The second kappa shape index (κ2) is 7.58. The van der Waals surface area contributed by atoms with Crippen LogP contribution in [0, 0.1) is 10.1 Å². The van der Waals surface area contributed by atoms with E-state index in [0.717, 1.165) is 19.2 Å². The zero-order chi connectivity index (χ0) is 16.0. The molecule has 2 N–H and O–H groups in total. The van der Waals surface area contributed by atoms with Crippen LogP contribution in [0.25, 0.3) is 0 Å². The minimum Gasteiger partial charge on any atom is -0.502 e. The van der Waals surface area contributed by atoms with Crippen LogP contribution in [0.5, 0.6) is 5.75 Å². The van der Waals surface area contributed by atoms with E-state index in [1.165, 1.54) is 12.1 Å². The van der Waals surface area contributed by atoms with Crippen LogP contribution < -0.4 is 5.32 Å². The van der Waals surface area contributed by atoms with E-state index >= 15 is 0 Å². The Hall–Kier alpha value is -2.15. The van der Waals surface area contributed by atoms with Gasteiger partial charge in [-0.05, 0) is 26.1 Å². The Morgan fingerprint density at radius 2 is 2.05 bits per heavy atom. The summed E-state index contributed by atoms with van der Waals surface area (Å²) in [5.41, 5.74) is -0.561. The molecule has 1 unspecified atom stereocenters. The lowest BCUT2D eigenvalue weighted by Crippen LogP contribution is -2.41. The maximum atomic E-state index is 12.1. The highest BCUT2D eigenvalue weighted by Gasteiger charge is 2.22. The normalized spacial score (nSPS) is 12.2. The number of phenols is 1. The van der Waals surface area contributed by atoms with E-state index in [0.29, 0.717) is 6.54 Å². The molecule has 0 spiro atoms. The van der Waals surface area contributed by atoms with Crippen LogP contribution in [0.4, 0.5) is 5.69 Å². The number of carbonyl (C=O) groups excluding carboxylic acids is 1. The molecule has 0 aliphatic carbocycles. The number of rotatable bonds is 7. The SMILES string of the molecule is CCN(CC)CC(C)NC(=O)c1cccc([N+](=O)[O-])c1O. The van der Waals surface area contributed by atoms with Crippen molar-refractivity contribution in [2.45, 2.75) is 26.8 Å². The summed E-state index contributed by atoms with van der Waals surface area (Å²) in [5.74, 6) is -1.12. The fraction of sp³-hybridized carbons (Fsp3) is 0.500. The van der Waals surface area contributed by atoms with Crippen molar-refractivity contribution in [2.24, 2.45) is 0 Å². The Kier molecular flexibility index (Phi) is 6.10. The van der Waals surface area contributed by atoms with Crippen molar-refractivity contribution in [3.05, 3.63) is 33.9 Å². The molecule has 21 heavy (non-hydrogen) atoms. The first-order valence-corrected chi connectivity index (χ1v) is 6.90. The summed E-state index contributed by atoms with van der Waals surface area (Å²) >= 11 is 0. The molecule has 0 radical (unpaired) electrons. The molecule has 1 rings (SSSR count). The van der Waals surface area contributed by atoms with E-state index in [9.17, 15) is 20.0 Å².